The monoisotopic (exact) mass is 383 g/mol. The van der Waals surface area contributed by atoms with E-state index in [1.807, 2.05) is 0 Å². The molecule has 2 heterocycles. The van der Waals surface area contributed by atoms with Gasteiger partial charge in [0.05, 0.1) is 6.20 Å². The number of rotatable bonds is 8. The van der Waals surface area contributed by atoms with Crippen LogP contribution in [0, 0.1) is 6.92 Å². The molecule has 1 aromatic heterocycles. The molecule has 28 heavy (non-hydrogen) atoms. The van der Waals surface area contributed by atoms with E-state index in [9.17, 15) is 4.79 Å². The number of aromatic amines is 1. The molecule has 0 bridgehead atoms. The van der Waals surface area contributed by atoms with Crippen molar-refractivity contribution in [1.82, 2.24) is 20.2 Å². The number of aromatic nitrogens is 2. The number of nitrogens with zero attached hydrogens (tertiary/aromatic N) is 3. The average molecular weight is 384 g/mol. The molecule has 1 fully saturated rings. The van der Waals surface area contributed by atoms with Crippen molar-refractivity contribution in [2.75, 3.05) is 44.2 Å². The number of unbranched alkanes of at least 4 members (excludes halogenated alkanes) is 1. The van der Waals surface area contributed by atoms with Crippen LogP contribution in [0.1, 0.15) is 54.5 Å². The Morgan fingerprint density at radius 2 is 2.00 bits per heavy atom. The first-order valence-corrected chi connectivity index (χ1v) is 10.4. The van der Waals surface area contributed by atoms with Crippen LogP contribution in [0.2, 0.25) is 0 Å². The molecule has 2 aromatic rings. The van der Waals surface area contributed by atoms with E-state index in [-0.39, 0.29) is 5.91 Å². The molecule has 3 rings (SSSR count). The Labute approximate surface area is 168 Å². The number of hydrogen-bond acceptors (Lipinski definition) is 4. The zero-order valence-corrected chi connectivity index (χ0v) is 17.4. The minimum Gasteiger partial charge on any atom is -0.369 e. The number of carbonyl (C=O) groups excluding carboxylic acids is 1. The van der Waals surface area contributed by atoms with Crippen molar-refractivity contribution in [3.8, 4) is 0 Å². The van der Waals surface area contributed by atoms with Crippen LogP contribution in [0.25, 0.3) is 0 Å². The van der Waals surface area contributed by atoms with Crippen LogP contribution in [0.15, 0.2) is 30.5 Å². The summed E-state index contributed by atoms with van der Waals surface area (Å²) in [5, 5.41) is 2.99. The van der Waals surface area contributed by atoms with Gasteiger partial charge in [0.15, 0.2) is 0 Å². The number of H-pyrrole nitrogens is 1. The van der Waals surface area contributed by atoms with Crippen molar-refractivity contribution in [2.24, 2.45) is 0 Å². The SMILES string of the molecule is Cc1cccc(N2CCN(CCCCNC(=O)c3cnc(C(C)C)[nH]3)CC2)c1. The number of imidazole rings is 1. The molecule has 6 nitrogen and oxygen atoms in total. The molecule has 6 heteroatoms. The van der Waals surface area contributed by atoms with E-state index in [1.165, 1.54) is 11.3 Å². The van der Waals surface area contributed by atoms with Gasteiger partial charge < -0.3 is 15.2 Å². The summed E-state index contributed by atoms with van der Waals surface area (Å²) < 4.78 is 0. The fourth-order valence-electron chi connectivity index (χ4n) is 3.56. The van der Waals surface area contributed by atoms with E-state index in [1.54, 1.807) is 6.20 Å². The number of hydrogen-bond donors (Lipinski definition) is 2. The zero-order chi connectivity index (χ0) is 19.9. The summed E-state index contributed by atoms with van der Waals surface area (Å²) in [5.74, 6) is 1.09. The second kappa shape index (κ2) is 9.73. The lowest BCUT2D eigenvalue weighted by atomic mass is 10.2. The van der Waals surface area contributed by atoms with Gasteiger partial charge in [-0.2, -0.15) is 0 Å². The maximum absolute atomic E-state index is 12.1. The summed E-state index contributed by atoms with van der Waals surface area (Å²) in [6.45, 7) is 12.4. The van der Waals surface area contributed by atoms with E-state index >= 15 is 0 Å². The van der Waals surface area contributed by atoms with Gasteiger partial charge in [0.1, 0.15) is 11.5 Å². The van der Waals surface area contributed by atoms with Gasteiger partial charge in [-0.15, -0.1) is 0 Å². The Balaban J connectivity index is 1.30. The first-order chi connectivity index (χ1) is 13.5. The average Bonchev–Trinajstić information content (AvgIpc) is 3.19. The maximum Gasteiger partial charge on any atom is 0.269 e. The predicted molar refractivity (Wildman–Crippen MR) is 114 cm³/mol. The lowest BCUT2D eigenvalue weighted by Crippen LogP contribution is -2.46. The van der Waals surface area contributed by atoms with E-state index < -0.39 is 0 Å². The van der Waals surface area contributed by atoms with Crippen molar-refractivity contribution in [3.63, 3.8) is 0 Å². The van der Waals surface area contributed by atoms with Crippen molar-refractivity contribution in [3.05, 3.63) is 47.5 Å². The largest absolute Gasteiger partial charge is 0.369 e. The molecular formula is C22H33N5O. The Hall–Kier alpha value is -2.34. The van der Waals surface area contributed by atoms with Gasteiger partial charge in [-0.1, -0.05) is 26.0 Å². The molecule has 1 amide bonds. The topological polar surface area (TPSA) is 64.3 Å². The Bertz CT molecular complexity index is 762. The smallest absolute Gasteiger partial charge is 0.269 e. The van der Waals surface area contributed by atoms with Crippen molar-refractivity contribution in [1.29, 1.82) is 0 Å². The summed E-state index contributed by atoms with van der Waals surface area (Å²) in [6, 6.07) is 8.75. The minimum atomic E-state index is -0.0637. The highest BCUT2D eigenvalue weighted by Crippen LogP contribution is 2.18. The highest BCUT2D eigenvalue weighted by Gasteiger charge is 2.17. The molecule has 152 valence electrons. The molecule has 1 aliphatic heterocycles. The molecular weight excluding hydrogens is 350 g/mol. The maximum atomic E-state index is 12.1. The molecule has 0 radical (unpaired) electrons. The number of benzene rings is 1. The predicted octanol–water partition coefficient (Wildman–Crippen LogP) is 3.17. The number of carbonyl (C=O) groups is 1. The van der Waals surface area contributed by atoms with Crippen LogP contribution in [0.4, 0.5) is 5.69 Å². The van der Waals surface area contributed by atoms with Crippen LogP contribution in [0.3, 0.4) is 0 Å². The van der Waals surface area contributed by atoms with E-state index in [0.717, 1.165) is 51.4 Å². The number of nitrogens with one attached hydrogen (secondary N) is 2. The lowest BCUT2D eigenvalue weighted by Gasteiger charge is -2.36. The normalized spacial score (nSPS) is 15.2. The number of piperazine rings is 1. The molecule has 0 saturated carbocycles. The molecule has 1 aliphatic rings. The third kappa shape index (κ3) is 5.58. The van der Waals surface area contributed by atoms with Gasteiger partial charge in [-0.05, 0) is 44.0 Å². The van der Waals surface area contributed by atoms with E-state index in [4.69, 9.17) is 0 Å². The van der Waals surface area contributed by atoms with E-state index in [0.29, 0.717) is 18.2 Å². The first-order valence-electron chi connectivity index (χ1n) is 10.4. The number of aryl methyl sites for hydroxylation is 1. The summed E-state index contributed by atoms with van der Waals surface area (Å²) in [5.41, 5.74) is 3.20. The van der Waals surface area contributed by atoms with Gasteiger partial charge in [0.2, 0.25) is 0 Å². The standard InChI is InChI=1S/C22H33N5O/c1-17(2)21-24-16-20(25-21)22(28)23-9-4-5-10-26-11-13-27(14-12-26)19-8-6-7-18(3)15-19/h6-8,15-17H,4-5,9-14H2,1-3H3,(H,23,28)(H,24,25). The molecule has 0 unspecified atom stereocenters. The van der Waals surface area contributed by atoms with Gasteiger partial charge in [-0.25, -0.2) is 4.98 Å². The van der Waals surface area contributed by atoms with E-state index in [2.05, 4.69) is 70.1 Å². The quantitative estimate of drug-likeness (QED) is 0.687. The molecule has 1 aromatic carbocycles. The van der Waals surface area contributed by atoms with Crippen LogP contribution in [-0.2, 0) is 0 Å². The van der Waals surface area contributed by atoms with Gasteiger partial charge in [0.25, 0.3) is 5.91 Å². The van der Waals surface area contributed by atoms with Crippen LogP contribution in [0.5, 0.6) is 0 Å². The number of amides is 1. The van der Waals surface area contributed by atoms with Crippen molar-refractivity contribution in [2.45, 2.75) is 39.5 Å². The molecule has 2 N–H and O–H groups in total. The lowest BCUT2D eigenvalue weighted by molar-refractivity contribution is 0.0948. The fraction of sp³-hybridized carbons (Fsp3) is 0.545. The molecule has 0 aliphatic carbocycles. The second-order valence-corrected chi connectivity index (χ2v) is 7.97. The van der Waals surface area contributed by atoms with Crippen molar-refractivity contribution >= 4 is 11.6 Å². The summed E-state index contributed by atoms with van der Waals surface area (Å²) in [4.78, 5) is 24.5. The Morgan fingerprint density at radius 1 is 1.21 bits per heavy atom. The Kier molecular flexibility index (Phi) is 7.09. The fourth-order valence-corrected chi connectivity index (χ4v) is 3.56. The molecule has 0 atom stereocenters. The Morgan fingerprint density at radius 3 is 2.68 bits per heavy atom. The third-order valence-electron chi connectivity index (χ3n) is 5.31. The van der Waals surface area contributed by atoms with Gasteiger partial charge in [-0.3, -0.25) is 9.69 Å². The summed E-state index contributed by atoms with van der Waals surface area (Å²) in [6.07, 6.45) is 3.72. The minimum absolute atomic E-state index is 0.0637. The van der Waals surface area contributed by atoms with Crippen LogP contribution < -0.4 is 10.2 Å². The first kappa shape index (κ1) is 20.4. The van der Waals surface area contributed by atoms with Crippen molar-refractivity contribution < 1.29 is 4.79 Å². The summed E-state index contributed by atoms with van der Waals surface area (Å²) >= 11 is 0. The summed E-state index contributed by atoms with van der Waals surface area (Å²) in [7, 11) is 0. The van der Waals surface area contributed by atoms with Gasteiger partial charge in [0, 0.05) is 44.3 Å². The zero-order valence-electron chi connectivity index (χ0n) is 17.4. The third-order valence-corrected chi connectivity index (χ3v) is 5.31. The highest BCUT2D eigenvalue weighted by molar-refractivity contribution is 5.92. The second-order valence-electron chi connectivity index (χ2n) is 7.97. The molecule has 1 saturated heterocycles. The van der Waals surface area contributed by atoms with Crippen LogP contribution >= 0.6 is 0 Å². The van der Waals surface area contributed by atoms with Gasteiger partial charge >= 0.3 is 0 Å². The highest BCUT2D eigenvalue weighted by atomic mass is 16.1. The number of anilines is 1. The molecule has 0 spiro atoms. The van der Waals surface area contributed by atoms with Crippen LogP contribution in [-0.4, -0.2) is 60.0 Å².